The van der Waals surface area contributed by atoms with E-state index < -0.39 is 24.1 Å². The van der Waals surface area contributed by atoms with E-state index in [-0.39, 0.29) is 0 Å². The lowest BCUT2D eigenvalue weighted by Crippen LogP contribution is -2.39. The van der Waals surface area contributed by atoms with Crippen LogP contribution in [0.2, 0.25) is 0 Å². The number of aliphatic hydroxyl groups is 2. The summed E-state index contributed by atoms with van der Waals surface area (Å²) in [5, 5.41) is 32.5. The Labute approximate surface area is 138 Å². The minimum atomic E-state index is -2.27. The molecule has 0 aliphatic carbocycles. The summed E-state index contributed by atoms with van der Waals surface area (Å²) < 4.78 is 0. The summed E-state index contributed by atoms with van der Waals surface area (Å²) in [6.45, 7) is 0. The van der Waals surface area contributed by atoms with Gasteiger partial charge in [0.15, 0.2) is 12.2 Å². The highest BCUT2D eigenvalue weighted by Crippen LogP contribution is 2.08. The number of carboxylic acids is 2. The van der Waals surface area contributed by atoms with Crippen LogP contribution < -0.4 is 10.9 Å². The number of aliphatic carboxylic acids is 2. The topological polar surface area (TPSA) is 139 Å². The lowest BCUT2D eigenvalue weighted by molar-refractivity contribution is -0.165. The van der Waals surface area contributed by atoms with Crippen LogP contribution in [0.4, 0.5) is 11.4 Å². The molecule has 0 saturated heterocycles. The Balaban J connectivity index is 0.000000257. The van der Waals surface area contributed by atoms with Crippen LogP contribution in [0.3, 0.4) is 0 Å². The zero-order valence-electron chi connectivity index (χ0n) is 12.5. The van der Waals surface area contributed by atoms with Crippen molar-refractivity contribution in [2.45, 2.75) is 12.2 Å². The first-order valence-electron chi connectivity index (χ1n) is 6.85. The molecule has 0 fully saturated rings. The van der Waals surface area contributed by atoms with Crippen LogP contribution in [0.15, 0.2) is 60.7 Å². The number of anilines is 2. The second-order valence-corrected chi connectivity index (χ2v) is 4.55. The van der Waals surface area contributed by atoms with Crippen LogP contribution in [-0.2, 0) is 9.59 Å². The summed E-state index contributed by atoms with van der Waals surface area (Å²) in [6, 6.07) is 20.0. The summed E-state index contributed by atoms with van der Waals surface area (Å²) in [5.74, 6) is -3.54. The lowest BCUT2D eigenvalue weighted by atomic mass is 10.2. The molecule has 2 atom stereocenters. The van der Waals surface area contributed by atoms with Crippen LogP contribution in [0.1, 0.15) is 0 Å². The first-order valence-corrected chi connectivity index (χ1v) is 6.85. The average molecular weight is 334 g/mol. The third kappa shape index (κ3) is 6.77. The predicted molar refractivity (Wildman–Crippen MR) is 87.4 cm³/mol. The van der Waals surface area contributed by atoms with Gasteiger partial charge in [-0.1, -0.05) is 36.4 Å². The molecule has 8 nitrogen and oxygen atoms in total. The minimum Gasteiger partial charge on any atom is -0.479 e. The Hall–Kier alpha value is -3.10. The average Bonchev–Trinajstić information content (AvgIpc) is 2.61. The summed E-state index contributed by atoms with van der Waals surface area (Å²) in [7, 11) is 0. The highest BCUT2D eigenvalue weighted by molar-refractivity contribution is 5.83. The van der Waals surface area contributed by atoms with Gasteiger partial charge in [-0.25, -0.2) is 9.59 Å². The van der Waals surface area contributed by atoms with Crippen molar-refractivity contribution in [3.05, 3.63) is 60.7 Å². The van der Waals surface area contributed by atoms with Gasteiger partial charge in [0, 0.05) is 0 Å². The van der Waals surface area contributed by atoms with E-state index in [1.165, 1.54) is 0 Å². The number of nitrogens with one attached hydrogen (secondary N) is 2. The number of carboxylic acid groups (broad SMARTS) is 2. The summed E-state index contributed by atoms with van der Waals surface area (Å²) in [6.07, 6.45) is -4.53. The van der Waals surface area contributed by atoms with E-state index in [1.54, 1.807) is 0 Å². The number of hydrogen-bond donors (Lipinski definition) is 6. The lowest BCUT2D eigenvalue weighted by Gasteiger charge is -2.08. The molecular weight excluding hydrogens is 316 g/mol. The van der Waals surface area contributed by atoms with Gasteiger partial charge in [0.05, 0.1) is 11.4 Å². The van der Waals surface area contributed by atoms with Crippen molar-refractivity contribution in [2.24, 2.45) is 0 Å². The second-order valence-electron chi connectivity index (χ2n) is 4.55. The Morgan fingerprint density at radius 2 is 0.958 bits per heavy atom. The highest BCUT2D eigenvalue weighted by Gasteiger charge is 2.29. The van der Waals surface area contributed by atoms with Crippen LogP contribution in [0.5, 0.6) is 0 Å². The van der Waals surface area contributed by atoms with Gasteiger partial charge in [0.25, 0.3) is 0 Å². The molecule has 0 aromatic heterocycles. The van der Waals surface area contributed by atoms with E-state index in [0.29, 0.717) is 0 Å². The highest BCUT2D eigenvalue weighted by atomic mass is 16.4. The van der Waals surface area contributed by atoms with Crippen LogP contribution in [0.25, 0.3) is 0 Å². The van der Waals surface area contributed by atoms with Crippen molar-refractivity contribution >= 4 is 23.3 Å². The molecule has 0 radical (unpaired) electrons. The number of para-hydroxylation sites is 2. The minimum absolute atomic E-state index is 1.05. The molecular formula is C16H18N2O6. The maximum absolute atomic E-state index is 9.77. The molecule has 0 aliphatic rings. The van der Waals surface area contributed by atoms with E-state index in [0.717, 1.165) is 11.4 Å². The summed E-state index contributed by atoms with van der Waals surface area (Å²) >= 11 is 0. The standard InChI is InChI=1S/C12H12N2.C4H6O6/c1-3-7-11(8-4-1)13-14-12-9-5-2-6-10-12;5-1(3(7)8)2(6)4(9)10/h1-10,13-14H;1-2,5-6H,(H,7,8)(H,9,10)/t;1-,2-/m.0/s1. The number of aliphatic hydroxyl groups excluding tert-OH is 2. The van der Waals surface area contributed by atoms with Crippen LogP contribution in [-0.4, -0.2) is 44.6 Å². The molecule has 0 spiro atoms. The van der Waals surface area contributed by atoms with Crippen molar-refractivity contribution in [3.63, 3.8) is 0 Å². The van der Waals surface area contributed by atoms with Crippen molar-refractivity contribution in [1.82, 2.24) is 0 Å². The molecule has 128 valence electrons. The summed E-state index contributed by atoms with van der Waals surface area (Å²) in [4.78, 5) is 19.5. The predicted octanol–water partition coefficient (Wildman–Crippen LogP) is 1.00. The molecule has 6 N–H and O–H groups in total. The van der Waals surface area contributed by atoms with Crippen molar-refractivity contribution in [3.8, 4) is 0 Å². The van der Waals surface area contributed by atoms with Crippen molar-refractivity contribution in [2.75, 3.05) is 10.9 Å². The van der Waals surface area contributed by atoms with E-state index in [1.807, 2.05) is 60.7 Å². The Morgan fingerprint density at radius 1 is 0.667 bits per heavy atom. The van der Waals surface area contributed by atoms with Gasteiger partial charge >= 0.3 is 11.9 Å². The monoisotopic (exact) mass is 334 g/mol. The normalized spacial score (nSPS) is 12.1. The molecule has 0 aliphatic heterocycles. The first kappa shape index (κ1) is 18.9. The van der Waals surface area contributed by atoms with E-state index in [2.05, 4.69) is 10.9 Å². The van der Waals surface area contributed by atoms with Gasteiger partial charge in [-0.05, 0) is 24.3 Å². The van der Waals surface area contributed by atoms with E-state index >= 15 is 0 Å². The zero-order valence-corrected chi connectivity index (χ0v) is 12.5. The smallest absolute Gasteiger partial charge is 0.335 e. The van der Waals surface area contributed by atoms with Crippen molar-refractivity contribution < 1.29 is 30.0 Å². The number of carbonyl (C=O) groups is 2. The van der Waals surface area contributed by atoms with Crippen LogP contribution >= 0.6 is 0 Å². The molecule has 0 unspecified atom stereocenters. The fourth-order valence-corrected chi connectivity index (χ4v) is 1.46. The molecule has 0 heterocycles. The molecule has 24 heavy (non-hydrogen) atoms. The molecule has 0 saturated carbocycles. The first-order chi connectivity index (χ1) is 11.4. The van der Waals surface area contributed by atoms with Gasteiger partial charge in [0.1, 0.15) is 0 Å². The Morgan fingerprint density at radius 3 is 1.21 bits per heavy atom. The third-order valence-corrected chi connectivity index (χ3v) is 2.70. The molecule has 0 bridgehead atoms. The van der Waals surface area contributed by atoms with Gasteiger partial charge in [-0.15, -0.1) is 0 Å². The van der Waals surface area contributed by atoms with Gasteiger partial charge in [-0.2, -0.15) is 0 Å². The third-order valence-electron chi connectivity index (χ3n) is 2.70. The number of hydrazine groups is 1. The van der Waals surface area contributed by atoms with Gasteiger partial charge < -0.3 is 31.3 Å². The Bertz CT molecular complexity index is 578. The second kappa shape index (κ2) is 9.82. The fourth-order valence-electron chi connectivity index (χ4n) is 1.46. The fraction of sp³-hybridized carbons (Fsp3) is 0.125. The number of rotatable bonds is 6. The maximum atomic E-state index is 9.77. The molecule has 0 amide bonds. The molecule has 2 rings (SSSR count). The molecule has 2 aromatic rings. The number of benzene rings is 2. The van der Waals surface area contributed by atoms with Crippen molar-refractivity contribution in [1.29, 1.82) is 0 Å². The quantitative estimate of drug-likeness (QED) is 0.430. The summed E-state index contributed by atoms with van der Waals surface area (Å²) in [5.41, 5.74) is 8.33. The molecule has 2 aromatic carbocycles. The van der Waals surface area contributed by atoms with E-state index in [9.17, 15) is 9.59 Å². The zero-order chi connectivity index (χ0) is 17.9. The number of hydrogen-bond acceptors (Lipinski definition) is 6. The Kier molecular flexibility index (Phi) is 7.76. The largest absolute Gasteiger partial charge is 0.479 e. The van der Waals surface area contributed by atoms with Gasteiger partial charge in [0.2, 0.25) is 0 Å². The molecule has 8 heteroatoms. The van der Waals surface area contributed by atoms with Gasteiger partial charge in [-0.3, -0.25) is 0 Å². The van der Waals surface area contributed by atoms with Crippen LogP contribution in [0, 0.1) is 0 Å². The SMILES string of the molecule is O=C(O)[C@@H](O)[C@H](O)C(=O)O.c1ccc(NNc2ccccc2)cc1. The maximum Gasteiger partial charge on any atom is 0.335 e. The van der Waals surface area contributed by atoms with E-state index in [4.69, 9.17) is 20.4 Å².